The van der Waals surface area contributed by atoms with Gasteiger partial charge in [0.15, 0.2) is 0 Å². The van der Waals surface area contributed by atoms with Crippen LogP contribution < -0.4 is 4.74 Å². The summed E-state index contributed by atoms with van der Waals surface area (Å²) in [5.74, 6) is 2.87. The molecular formula is C29H30ClN7O2. The summed E-state index contributed by atoms with van der Waals surface area (Å²) in [6.07, 6.45) is 9.28. The number of aryl methyl sites for hydroxylation is 2. The van der Waals surface area contributed by atoms with Crippen LogP contribution in [0.15, 0.2) is 48.9 Å². The smallest absolute Gasteiger partial charge is 0.222 e. The zero-order valence-corrected chi connectivity index (χ0v) is 22.8. The molecule has 0 unspecified atom stereocenters. The molecule has 6 rings (SSSR count). The molecule has 0 spiro atoms. The van der Waals surface area contributed by atoms with Gasteiger partial charge in [0.05, 0.1) is 34.6 Å². The number of carbonyl (C=O) groups is 1. The lowest BCUT2D eigenvalue weighted by Crippen LogP contribution is -2.38. The number of imidazole rings is 1. The number of carbonyl (C=O) groups excluding carboxylic acids is 1. The van der Waals surface area contributed by atoms with Gasteiger partial charge in [-0.1, -0.05) is 18.5 Å². The van der Waals surface area contributed by atoms with E-state index >= 15 is 0 Å². The second-order valence-electron chi connectivity index (χ2n) is 10.1. The molecule has 0 radical (unpaired) electrons. The zero-order chi connectivity index (χ0) is 26.9. The normalized spacial score (nSPS) is 14.4. The van der Waals surface area contributed by atoms with Crippen LogP contribution in [0.5, 0.6) is 11.5 Å². The molecule has 39 heavy (non-hydrogen) atoms. The molecule has 0 atom stereocenters. The van der Waals surface area contributed by atoms with E-state index in [9.17, 15) is 4.79 Å². The number of fused-ring (bicyclic) bond motifs is 2. The van der Waals surface area contributed by atoms with E-state index in [2.05, 4.69) is 20.1 Å². The molecule has 0 aliphatic carbocycles. The Balaban J connectivity index is 1.15. The highest BCUT2D eigenvalue weighted by atomic mass is 35.5. The number of H-pyrrole nitrogens is 1. The molecular weight excluding hydrogens is 514 g/mol. The van der Waals surface area contributed by atoms with Crippen LogP contribution in [0.4, 0.5) is 0 Å². The van der Waals surface area contributed by atoms with Crippen LogP contribution in [0.1, 0.15) is 38.4 Å². The average molecular weight is 544 g/mol. The number of aromatic nitrogens is 6. The van der Waals surface area contributed by atoms with Gasteiger partial charge in [-0.25, -0.2) is 9.97 Å². The van der Waals surface area contributed by atoms with Crippen molar-refractivity contribution in [2.45, 2.75) is 46.1 Å². The van der Waals surface area contributed by atoms with Crippen LogP contribution >= 0.6 is 11.6 Å². The van der Waals surface area contributed by atoms with Crippen molar-refractivity contribution in [2.24, 2.45) is 5.92 Å². The maximum absolute atomic E-state index is 11.9. The highest BCUT2D eigenvalue weighted by Gasteiger charge is 2.22. The molecule has 2 aromatic carbocycles. The maximum Gasteiger partial charge on any atom is 0.222 e. The maximum atomic E-state index is 11.9. The monoisotopic (exact) mass is 543 g/mol. The van der Waals surface area contributed by atoms with Gasteiger partial charge in [-0.15, -0.1) is 0 Å². The van der Waals surface area contributed by atoms with Crippen LogP contribution in [0, 0.1) is 12.8 Å². The van der Waals surface area contributed by atoms with Crippen molar-refractivity contribution in [1.29, 1.82) is 0 Å². The van der Waals surface area contributed by atoms with Gasteiger partial charge in [-0.05, 0) is 56.4 Å². The van der Waals surface area contributed by atoms with Crippen LogP contribution in [-0.2, 0) is 11.3 Å². The standard InChI is InChI=1S/C29H30ClN7O2/c1-3-27(38)36-11-8-19(9-12-36)10-13-37-17-20(15-32-37)25-16-31-23-6-7-26(28(30)29(23)35-25)39-21-4-5-22-24(14-21)34-18(2)33-22/h4-7,14-17,19H,3,8-13H2,1-2H3,(H,33,34). The Labute approximate surface area is 231 Å². The molecule has 4 heterocycles. The van der Waals surface area contributed by atoms with Gasteiger partial charge in [-0.2, -0.15) is 5.10 Å². The molecule has 1 N–H and O–H groups in total. The summed E-state index contributed by atoms with van der Waals surface area (Å²) < 4.78 is 8.07. The topological polar surface area (TPSA) is 102 Å². The Hall–Kier alpha value is -3.98. The minimum absolute atomic E-state index is 0.256. The van der Waals surface area contributed by atoms with Gasteiger partial charge in [0, 0.05) is 43.9 Å². The Morgan fingerprint density at radius 3 is 2.77 bits per heavy atom. The number of nitrogens with one attached hydrogen (secondary N) is 1. The van der Waals surface area contributed by atoms with Crippen molar-refractivity contribution >= 4 is 39.6 Å². The number of likely N-dealkylation sites (tertiary alicyclic amines) is 1. The number of nitrogens with zero attached hydrogens (tertiary/aromatic N) is 6. The lowest BCUT2D eigenvalue weighted by molar-refractivity contribution is -0.132. The summed E-state index contributed by atoms with van der Waals surface area (Å²) in [6, 6.07) is 9.35. The Morgan fingerprint density at radius 1 is 1.13 bits per heavy atom. The number of ether oxygens (including phenoxy) is 1. The largest absolute Gasteiger partial charge is 0.456 e. The lowest BCUT2D eigenvalue weighted by Gasteiger charge is -2.31. The molecule has 1 fully saturated rings. The number of aromatic amines is 1. The minimum Gasteiger partial charge on any atom is -0.456 e. The Kier molecular flexibility index (Phi) is 6.91. The number of rotatable bonds is 7. The summed E-state index contributed by atoms with van der Waals surface area (Å²) in [4.78, 5) is 31.0. The second-order valence-corrected chi connectivity index (χ2v) is 10.4. The molecule has 1 aliphatic heterocycles. The van der Waals surface area contributed by atoms with Gasteiger partial charge in [0.1, 0.15) is 27.9 Å². The summed E-state index contributed by atoms with van der Waals surface area (Å²) in [6.45, 7) is 6.39. The predicted molar refractivity (Wildman–Crippen MR) is 151 cm³/mol. The first-order chi connectivity index (χ1) is 19.0. The number of halogens is 1. The fraction of sp³-hybridized carbons (Fsp3) is 0.345. The van der Waals surface area contributed by atoms with Crippen LogP contribution in [0.25, 0.3) is 33.3 Å². The number of hydrogen-bond acceptors (Lipinski definition) is 6. The minimum atomic E-state index is 0.256. The van der Waals surface area contributed by atoms with Crippen molar-refractivity contribution in [2.75, 3.05) is 13.1 Å². The second kappa shape index (κ2) is 10.6. The molecule has 9 nitrogen and oxygen atoms in total. The van der Waals surface area contributed by atoms with Crippen LogP contribution in [0.3, 0.4) is 0 Å². The van der Waals surface area contributed by atoms with E-state index in [1.807, 2.05) is 66.2 Å². The highest BCUT2D eigenvalue weighted by molar-refractivity contribution is 6.36. The van der Waals surface area contributed by atoms with Crippen LogP contribution in [-0.4, -0.2) is 53.6 Å². The Morgan fingerprint density at radius 2 is 1.95 bits per heavy atom. The molecule has 0 saturated carbocycles. The molecule has 1 aliphatic rings. The number of amides is 1. The third kappa shape index (κ3) is 5.31. The van der Waals surface area contributed by atoms with Crippen molar-refractivity contribution < 1.29 is 9.53 Å². The molecule has 1 saturated heterocycles. The number of hydrogen-bond donors (Lipinski definition) is 1. The summed E-state index contributed by atoms with van der Waals surface area (Å²) >= 11 is 6.76. The van der Waals surface area contributed by atoms with E-state index in [1.54, 1.807) is 6.20 Å². The van der Waals surface area contributed by atoms with E-state index in [0.717, 1.165) is 61.3 Å². The molecule has 1 amide bonds. The predicted octanol–water partition coefficient (Wildman–Crippen LogP) is 6.16. The fourth-order valence-corrected chi connectivity index (χ4v) is 5.42. The molecule has 3 aromatic heterocycles. The third-order valence-electron chi connectivity index (χ3n) is 7.38. The van der Waals surface area contributed by atoms with E-state index < -0.39 is 0 Å². The number of piperidine rings is 1. The van der Waals surface area contributed by atoms with Crippen molar-refractivity contribution in [3.63, 3.8) is 0 Å². The molecule has 5 aromatic rings. The third-order valence-corrected chi connectivity index (χ3v) is 7.75. The van der Waals surface area contributed by atoms with Gasteiger partial charge < -0.3 is 14.6 Å². The number of benzene rings is 2. The molecule has 10 heteroatoms. The molecule has 0 bridgehead atoms. The SMILES string of the molecule is CCC(=O)N1CCC(CCn2cc(-c3cnc4ccc(Oc5ccc6nc(C)[nH]c6c5)c(Cl)c4n3)cn2)CC1. The van der Waals surface area contributed by atoms with Gasteiger partial charge in [-0.3, -0.25) is 14.5 Å². The first-order valence-corrected chi connectivity index (χ1v) is 13.7. The highest BCUT2D eigenvalue weighted by Crippen LogP contribution is 2.35. The van der Waals surface area contributed by atoms with Crippen molar-refractivity contribution in [1.82, 2.24) is 34.6 Å². The zero-order valence-electron chi connectivity index (χ0n) is 22.0. The Bertz CT molecular complexity index is 1650. The summed E-state index contributed by atoms with van der Waals surface area (Å²) in [5, 5.41) is 4.96. The van der Waals surface area contributed by atoms with Crippen LogP contribution in [0.2, 0.25) is 5.02 Å². The first kappa shape index (κ1) is 25.3. The first-order valence-electron chi connectivity index (χ1n) is 13.4. The van der Waals surface area contributed by atoms with Gasteiger partial charge >= 0.3 is 0 Å². The van der Waals surface area contributed by atoms with Gasteiger partial charge in [0.25, 0.3) is 0 Å². The van der Waals surface area contributed by atoms with E-state index in [4.69, 9.17) is 21.3 Å². The van der Waals surface area contributed by atoms with E-state index in [0.29, 0.717) is 45.6 Å². The lowest BCUT2D eigenvalue weighted by atomic mass is 9.93. The average Bonchev–Trinajstić information content (AvgIpc) is 3.59. The quantitative estimate of drug-likeness (QED) is 0.264. The van der Waals surface area contributed by atoms with Crippen molar-refractivity contribution in [3.8, 4) is 22.8 Å². The summed E-state index contributed by atoms with van der Waals surface area (Å²) in [7, 11) is 0. The van der Waals surface area contributed by atoms with Crippen molar-refractivity contribution in [3.05, 3.63) is 59.8 Å². The summed E-state index contributed by atoms with van der Waals surface area (Å²) in [5.41, 5.74) is 4.64. The van der Waals surface area contributed by atoms with E-state index in [1.165, 1.54) is 0 Å². The fourth-order valence-electron chi connectivity index (χ4n) is 5.18. The van der Waals surface area contributed by atoms with E-state index in [-0.39, 0.29) is 5.91 Å². The molecule has 200 valence electrons. The van der Waals surface area contributed by atoms with Gasteiger partial charge in [0.2, 0.25) is 5.91 Å².